The minimum atomic E-state index is -0.750. The van der Waals surface area contributed by atoms with E-state index in [1.165, 1.54) is 7.11 Å². The van der Waals surface area contributed by atoms with Crippen molar-refractivity contribution in [2.24, 2.45) is 5.73 Å². The summed E-state index contributed by atoms with van der Waals surface area (Å²) in [4.78, 5) is 13.7. The highest BCUT2D eigenvalue weighted by Gasteiger charge is 2.38. The van der Waals surface area contributed by atoms with Crippen molar-refractivity contribution in [3.05, 3.63) is 0 Å². The highest BCUT2D eigenvalue weighted by Crippen LogP contribution is 2.22. The van der Waals surface area contributed by atoms with Gasteiger partial charge in [0, 0.05) is 19.1 Å². The lowest BCUT2D eigenvalue weighted by Gasteiger charge is -2.38. The lowest BCUT2D eigenvalue weighted by molar-refractivity contribution is -0.149. The third-order valence-corrected chi connectivity index (χ3v) is 3.01. The number of esters is 1. The van der Waals surface area contributed by atoms with Gasteiger partial charge in [0.15, 0.2) is 0 Å². The van der Waals surface area contributed by atoms with Crippen LogP contribution in [0.25, 0.3) is 0 Å². The van der Waals surface area contributed by atoms with E-state index in [9.17, 15) is 4.79 Å². The molecule has 0 unspecified atom stereocenters. The summed E-state index contributed by atoms with van der Waals surface area (Å²) in [6.45, 7) is 6.07. The van der Waals surface area contributed by atoms with E-state index in [-0.39, 0.29) is 5.97 Å². The standard InChI is InChI=1S/C10H20N2O2/c1-8(2)12-6-4-10(11,5-7-12)9(13)14-3/h8H,4-7,11H2,1-3H3. The quantitative estimate of drug-likeness (QED) is 0.654. The SMILES string of the molecule is COC(=O)C1(N)CCN(C(C)C)CC1. The van der Waals surface area contributed by atoms with Crippen LogP contribution < -0.4 is 5.73 Å². The van der Waals surface area contributed by atoms with Crippen LogP contribution >= 0.6 is 0 Å². The predicted molar refractivity (Wildman–Crippen MR) is 54.9 cm³/mol. The first kappa shape index (κ1) is 11.5. The van der Waals surface area contributed by atoms with Crippen molar-refractivity contribution < 1.29 is 9.53 Å². The van der Waals surface area contributed by atoms with Gasteiger partial charge in [-0.15, -0.1) is 0 Å². The van der Waals surface area contributed by atoms with E-state index in [1.807, 2.05) is 0 Å². The van der Waals surface area contributed by atoms with Crippen LogP contribution in [0.2, 0.25) is 0 Å². The smallest absolute Gasteiger partial charge is 0.325 e. The minimum absolute atomic E-state index is 0.277. The molecule has 1 fully saturated rings. The molecule has 0 aliphatic carbocycles. The van der Waals surface area contributed by atoms with Gasteiger partial charge in [-0.25, -0.2) is 0 Å². The van der Waals surface area contributed by atoms with Gasteiger partial charge in [0.2, 0.25) is 0 Å². The first-order chi connectivity index (χ1) is 6.49. The largest absolute Gasteiger partial charge is 0.468 e. The Hall–Kier alpha value is -0.610. The molecule has 1 rings (SSSR count). The number of likely N-dealkylation sites (tertiary alicyclic amines) is 1. The number of hydrogen-bond acceptors (Lipinski definition) is 4. The molecular weight excluding hydrogens is 180 g/mol. The molecule has 0 aromatic heterocycles. The number of carbonyl (C=O) groups is 1. The Bertz CT molecular complexity index is 208. The van der Waals surface area contributed by atoms with Crippen LogP contribution in [0.15, 0.2) is 0 Å². The maximum atomic E-state index is 11.4. The zero-order valence-electron chi connectivity index (χ0n) is 9.25. The Morgan fingerprint density at radius 2 is 1.93 bits per heavy atom. The summed E-state index contributed by atoms with van der Waals surface area (Å²) < 4.78 is 4.71. The Morgan fingerprint density at radius 1 is 1.43 bits per heavy atom. The van der Waals surface area contributed by atoms with E-state index < -0.39 is 5.54 Å². The zero-order chi connectivity index (χ0) is 10.8. The van der Waals surface area contributed by atoms with E-state index in [0.717, 1.165) is 13.1 Å². The van der Waals surface area contributed by atoms with Crippen molar-refractivity contribution in [2.45, 2.75) is 38.3 Å². The Kier molecular flexibility index (Phi) is 3.50. The van der Waals surface area contributed by atoms with Crippen LogP contribution in [-0.2, 0) is 9.53 Å². The van der Waals surface area contributed by atoms with Gasteiger partial charge in [0.25, 0.3) is 0 Å². The molecular formula is C10H20N2O2. The monoisotopic (exact) mass is 200 g/mol. The van der Waals surface area contributed by atoms with Gasteiger partial charge >= 0.3 is 5.97 Å². The Morgan fingerprint density at radius 3 is 2.29 bits per heavy atom. The van der Waals surface area contributed by atoms with Crippen LogP contribution in [0.1, 0.15) is 26.7 Å². The Balaban J connectivity index is 2.53. The first-order valence-corrected chi connectivity index (χ1v) is 5.11. The lowest BCUT2D eigenvalue weighted by atomic mass is 9.88. The lowest BCUT2D eigenvalue weighted by Crippen LogP contribution is -2.57. The van der Waals surface area contributed by atoms with Gasteiger partial charge in [0.05, 0.1) is 7.11 Å². The van der Waals surface area contributed by atoms with Crippen LogP contribution in [0.4, 0.5) is 0 Å². The van der Waals surface area contributed by atoms with Gasteiger partial charge in [-0.2, -0.15) is 0 Å². The molecule has 4 nitrogen and oxygen atoms in total. The number of hydrogen-bond donors (Lipinski definition) is 1. The number of carbonyl (C=O) groups excluding carboxylic acids is 1. The van der Waals surface area contributed by atoms with E-state index in [1.54, 1.807) is 0 Å². The summed E-state index contributed by atoms with van der Waals surface area (Å²) >= 11 is 0. The number of methoxy groups -OCH3 is 1. The molecule has 4 heteroatoms. The van der Waals surface area contributed by atoms with Crippen LogP contribution in [0.5, 0.6) is 0 Å². The molecule has 0 radical (unpaired) electrons. The summed E-state index contributed by atoms with van der Waals surface area (Å²) in [6, 6.07) is 0.525. The predicted octanol–water partition coefficient (Wildman–Crippen LogP) is 0.361. The van der Waals surface area contributed by atoms with E-state index in [2.05, 4.69) is 18.7 Å². The van der Waals surface area contributed by atoms with E-state index in [0.29, 0.717) is 18.9 Å². The molecule has 0 bridgehead atoms. The number of rotatable bonds is 2. The van der Waals surface area contributed by atoms with E-state index >= 15 is 0 Å². The topological polar surface area (TPSA) is 55.6 Å². The number of nitrogens with zero attached hydrogens (tertiary/aromatic N) is 1. The third-order valence-electron chi connectivity index (χ3n) is 3.01. The molecule has 0 spiro atoms. The minimum Gasteiger partial charge on any atom is -0.468 e. The van der Waals surface area contributed by atoms with Crippen molar-refractivity contribution in [1.82, 2.24) is 4.90 Å². The summed E-state index contributed by atoms with van der Waals surface area (Å²) in [5.41, 5.74) is 5.22. The molecule has 1 aliphatic heterocycles. The maximum absolute atomic E-state index is 11.4. The van der Waals surface area contributed by atoms with Crippen molar-refractivity contribution in [3.63, 3.8) is 0 Å². The fourth-order valence-corrected chi connectivity index (χ4v) is 1.85. The highest BCUT2D eigenvalue weighted by atomic mass is 16.5. The molecule has 0 amide bonds. The summed E-state index contributed by atoms with van der Waals surface area (Å²) in [5, 5.41) is 0. The molecule has 0 aromatic carbocycles. The molecule has 1 aliphatic rings. The van der Waals surface area contributed by atoms with Crippen molar-refractivity contribution >= 4 is 5.97 Å². The fourth-order valence-electron chi connectivity index (χ4n) is 1.85. The normalized spacial score (nSPS) is 22.4. The second-order valence-corrected chi connectivity index (χ2v) is 4.28. The summed E-state index contributed by atoms with van der Waals surface area (Å²) in [6.07, 6.45) is 1.38. The average molecular weight is 200 g/mol. The van der Waals surface area contributed by atoms with Gasteiger partial charge in [-0.3, -0.25) is 4.79 Å². The van der Waals surface area contributed by atoms with Crippen molar-refractivity contribution in [2.75, 3.05) is 20.2 Å². The van der Waals surface area contributed by atoms with Crippen LogP contribution in [-0.4, -0.2) is 42.6 Å². The van der Waals surface area contributed by atoms with Gasteiger partial charge in [0.1, 0.15) is 5.54 Å². The van der Waals surface area contributed by atoms with Crippen molar-refractivity contribution in [1.29, 1.82) is 0 Å². The number of ether oxygens (including phenoxy) is 1. The molecule has 0 atom stereocenters. The van der Waals surface area contributed by atoms with Gasteiger partial charge in [-0.1, -0.05) is 0 Å². The second kappa shape index (κ2) is 4.28. The molecule has 2 N–H and O–H groups in total. The molecule has 82 valence electrons. The third kappa shape index (κ3) is 2.25. The molecule has 14 heavy (non-hydrogen) atoms. The van der Waals surface area contributed by atoms with Gasteiger partial charge in [-0.05, 0) is 26.7 Å². The van der Waals surface area contributed by atoms with E-state index in [4.69, 9.17) is 10.5 Å². The first-order valence-electron chi connectivity index (χ1n) is 5.11. The average Bonchev–Trinajstić information content (AvgIpc) is 2.17. The molecule has 1 heterocycles. The highest BCUT2D eigenvalue weighted by molar-refractivity contribution is 5.80. The number of piperidine rings is 1. The zero-order valence-corrected chi connectivity index (χ0v) is 9.25. The summed E-state index contributed by atoms with van der Waals surface area (Å²) in [5.74, 6) is -0.277. The molecule has 1 saturated heterocycles. The fraction of sp³-hybridized carbons (Fsp3) is 0.900. The van der Waals surface area contributed by atoms with Crippen molar-refractivity contribution in [3.8, 4) is 0 Å². The van der Waals surface area contributed by atoms with Gasteiger partial charge < -0.3 is 15.4 Å². The van der Waals surface area contributed by atoms with Crippen LogP contribution in [0, 0.1) is 0 Å². The molecule has 0 aromatic rings. The Labute approximate surface area is 85.4 Å². The maximum Gasteiger partial charge on any atom is 0.325 e. The summed E-state index contributed by atoms with van der Waals surface area (Å²) in [7, 11) is 1.39. The van der Waals surface area contributed by atoms with Crippen LogP contribution in [0.3, 0.4) is 0 Å². The second-order valence-electron chi connectivity index (χ2n) is 4.28. The molecule has 0 saturated carbocycles. The number of nitrogens with two attached hydrogens (primary N) is 1.